The molecule has 1 aromatic rings. The minimum Gasteiger partial charge on any atom is -0.497 e. The molecule has 0 saturated heterocycles. The van der Waals surface area contributed by atoms with Gasteiger partial charge in [0.2, 0.25) is 5.91 Å². The Kier molecular flexibility index (Phi) is 2.46. The maximum atomic E-state index is 10.8. The molecule has 0 atom stereocenters. The largest absolute Gasteiger partial charge is 0.497 e. The molecule has 3 heteroatoms. The first kappa shape index (κ1) is 9.77. The van der Waals surface area contributed by atoms with Crippen LogP contribution < -0.4 is 10.5 Å². The van der Waals surface area contributed by atoms with Gasteiger partial charge >= 0.3 is 0 Å². The van der Waals surface area contributed by atoms with Crippen LogP contribution in [0.1, 0.15) is 17.5 Å². The smallest absolute Gasteiger partial charge is 0.241 e. The molecule has 0 aromatic heterocycles. The van der Waals surface area contributed by atoms with Gasteiger partial charge in [-0.05, 0) is 41.7 Å². The van der Waals surface area contributed by atoms with Gasteiger partial charge in [0.1, 0.15) is 5.75 Å². The van der Waals surface area contributed by atoms with Gasteiger partial charge in [-0.1, -0.05) is 6.07 Å². The number of allylic oxidation sites excluding steroid dienone is 1. The Morgan fingerprint density at radius 3 is 2.93 bits per heavy atom. The van der Waals surface area contributed by atoms with Crippen molar-refractivity contribution in [3.05, 3.63) is 35.4 Å². The zero-order valence-corrected chi connectivity index (χ0v) is 8.62. The van der Waals surface area contributed by atoms with E-state index in [1.165, 1.54) is 11.6 Å². The summed E-state index contributed by atoms with van der Waals surface area (Å²) in [5.74, 6) is 0.475. The molecule has 0 heterocycles. The number of amides is 1. The predicted octanol–water partition coefficient (Wildman–Crippen LogP) is 1.51. The lowest BCUT2D eigenvalue weighted by Gasteiger charge is -2.03. The van der Waals surface area contributed by atoms with E-state index in [-0.39, 0.29) is 5.91 Å². The average molecular weight is 203 g/mol. The van der Waals surface area contributed by atoms with Gasteiger partial charge in [0.05, 0.1) is 7.11 Å². The molecule has 0 aliphatic heterocycles. The normalized spacial score (nSPS) is 16.5. The van der Waals surface area contributed by atoms with E-state index in [0.29, 0.717) is 0 Å². The molecule has 2 rings (SSSR count). The van der Waals surface area contributed by atoms with E-state index < -0.39 is 0 Å². The first-order chi connectivity index (χ1) is 7.20. The molecule has 1 aliphatic carbocycles. The second-order valence-corrected chi connectivity index (χ2v) is 3.60. The monoisotopic (exact) mass is 203 g/mol. The van der Waals surface area contributed by atoms with Crippen molar-refractivity contribution in [2.45, 2.75) is 12.8 Å². The SMILES string of the molecule is COc1ccc2c(c1)CC/C2=C/C(N)=O. The lowest BCUT2D eigenvalue weighted by atomic mass is 10.1. The van der Waals surface area contributed by atoms with Gasteiger partial charge in [-0.15, -0.1) is 0 Å². The van der Waals surface area contributed by atoms with Gasteiger partial charge in [0.15, 0.2) is 0 Å². The summed E-state index contributed by atoms with van der Waals surface area (Å²) in [6.45, 7) is 0. The molecule has 3 nitrogen and oxygen atoms in total. The molecule has 0 fully saturated rings. The Morgan fingerprint density at radius 1 is 1.47 bits per heavy atom. The number of nitrogens with two attached hydrogens (primary N) is 1. The number of carbonyl (C=O) groups is 1. The summed E-state index contributed by atoms with van der Waals surface area (Å²) in [5, 5.41) is 0. The second kappa shape index (κ2) is 3.77. The van der Waals surface area contributed by atoms with E-state index in [9.17, 15) is 4.79 Å². The third kappa shape index (κ3) is 1.86. The fraction of sp³-hybridized carbons (Fsp3) is 0.250. The molecule has 1 amide bonds. The number of rotatable bonds is 2. The van der Waals surface area contributed by atoms with Crippen LogP contribution in [0.15, 0.2) is 24.3 Å². The number of ether oxygens (including phenoxy) is 1. The van der Waals surface area contributed by atoms with Crippen LogP contribution in [0.2, 0.25) is 0 Å². The quantitative estimate of drug-likeness (QED) is 0.741. The Hall–Kier alpha value is -1.77. The molecule has 15 heavy (non-hydrogen) atoms. The summed E-state index contributed by atoms with van der Waals surface area (Å²) in [6, 6.07) is 5.89. The molecule has 0 unspecified atom stereocenters. The molecule has 2 N–H and O–H groups in total. The Bertz CT molecular complexity index is 435. The van der Waals surface area contributed by atoms with E-state index in [1.807, 2.05) is 18.2 Å². The lowest BCUT2D eigenvalue weighted by Crippen LogP contribution is -2.06. The van der Waals surface area contributed by atoms with Crippen LogP contribution >= 0.6 is 0 Å². The van der Waals surface area contributed by atoms with Crippen molar-refractivity contribution in [3.63, 3.8) is 0 Å². The van der Waals surface area contributed by atoms with Crippen LogP contribution in [0.4, 0.5) is 0 Å². The number of methoxy groups -OCH3 is 1. The summed E-state index contributed by atoms with van der Waals surface area (Å²) in [5.41, 5.74) is 8.52. The highest BCUT2D eigenvalue weighted by Crippen LogP contribution is 2.34. The summed E-state index contributed by atoms with van der Waals surface area (Å²) in [6.07, 6.45) is 3.34. The van der Waals surface area contributed by atoms with Gasteiger partial charge in [0, 0.05) is 6.08 Å². The van der Waals surface area contributed by atoms with E-state index in [0.717, 1.165) is 29.7 Å². The highest BCUT2D eigenvalue weighted by molar-refractivity contribution is 5.95. The minimum atomic E-state index is -0.381. The Morgan fingerprint density at radius 2 is 2.27 bits per heavy atom. The topological polar surface area (TPSA) is 52.3 Å². The van der Waals surface area contributed by atoms with Crippen molar-refractivity contribution in [2.75, 3.05) is 7.11 Å². The maximum absolute atomic E-state index is 10.8. The molecule has 0 radical (unpaired) electrons. The summed E-state index contributed by atoms with van der Waals surface area (Å²) >= 11 is 0. The molecular formula is C12H13NO2. The Labute approximate surface area is 88.5 Å². The number of carbonyl (C=O) groups excluding carboxylic acids is 1. The van der Waals surface area contributed by atoms with Gasteiger partial charge in [-0.2, -0.15) is 0 Å². The predicted molar refractivity (Wildman–Crippen MR) is 58.5 cm³/mol. The van der Waals surface area contributed by atoms with Crippen LogP contribution in [0.5, 0.6) is 5.75 Å². The fourth-order valence-electron chi connectivity index (χ4n) is 1.94. The highest BCUT2D eigenvalue weighted by Gasteiger charge is 2.16. The molecule has 0 saturated carbocycles. The number of primary amides is 1. The number of benzene rings is 1. The van der Waals surface area contributed by atoms with Crippen LogP contribution in [0.25, 0.3) is 5.57 Å². The fourth-order valence-corrected chi connectivity index (χ4v) is 1.94. The molecule has 78 valence electrons. The third-order valence-corrected chi connectivity index (χ3v) is 2.64. The first-order valence-corrected chi connectivity index (χ1v) is 4.88. The average Bonchev–Trinajstić information content (AvgIpc) is 2.60. The third-order valence-electron chi connectivity index (χ3n) is 2.64. The molecule has 1 aliphatic rings. The molecule has 0 bridgehead atoms. The standard InChI is InChI=1S/C12H13NO2/c1-15-10-4-5-11-8(6-10)2-3-9(11)7-12(13)14/h4-7H,2-3H2,1H3,(H2,13,14)/b9-7-. The van der Waals surface area contributed by atoms with Crippen LogP contribution in [-0.2, 0) is 11.2 Å². The van der Waals surface area contributed by atoms with Crippen LogP contribution in [-0.4, -0.2) is 13.0 Å². The van der Waals surface area contributed by atoms with Crippen molar-refractivity contribution in [2.24, 2.45) is 5.73 Å². The highest BCUT2D eigenvalue weighted by atomic mass is 16.5. The van der Waals surface area contributed by atoms with E-state index >= 15 is 0 Å². The van der Waals surface area contributed by atoms with E-state index in [1.54, 1.807) is 7.11 Å². The van der Waals surface area contributed by atoms with Gasteiger partial charge < -0.3 is 10.5 Å². The van der Waals surface area contributed by atoms with Crippen molar-refractivity contribution >= 4 is 11.5 Å². The number of hydrogen-bond acceptors (Lipinski definition) is 2. The van der Waals surface area contributed by atoms with Crippen molar-refractivity contribution in [1.82, 2.24) is 0 Å². The van der Waals surface area contributed by atoms with Crippen molar-refractivity contribution < 1.29 is 9.53 Å². The summed E-state index contributed by atoms with van der Waals surface area (Å²) < 4.78 is 5.14. The maximum Gasteiger partial charge on any atom is 0.241 e. The van der Waals surface area contributed by atoms with Gasteiger partial charge in [-0.25, -0.2) is 0 Å². The lowest BCUT2D eigenvalue weighted by molar-refractivity contribution is -0.113. The van der Waals surface area contributed by atoms with E-state index in [4.69, 9.17) is 10.5 Å². The molecule has 1 aromatic carbocycles. The number of fused-ring (bicyclic) bond motifs is 1. The van der Waals surface area contributed by atoms with Crippen LogP contribution in [0.3, 0.4) is 0 Å². The van der Waals surface area contributed by atoms with Crippen molar-refractivity contribution in [1.29, 1.82) is 0 Å². The van der Waals surface area contributed by atoms with Gasteiger partial charge in [0.25, 0.3) is 0 Å². The number of hydrogen-bond donors (Lipinski definition) is 1. The summed E-state index contributed by atoms with van der Waals surface area (Å²) in [7, 11) is 1.65. The van der Waals surface area contributed by atoms with Crippen molar-refractivity contribution in [3.8, 4) is 5.75 Å². The minimum absolute atomic E-state index is 0.381. The summed E-state index contributed by atoms with van der Waals surface area (Å²) in [4.78, 5) is 10.8. The van der Waals surface area contributed by atoms with Gasteiger partial charge in [-0.3, -0.25) is 4.79 Å². The molecule has 0 spiro atoms. The zero-order chi connectivity index (χ0) is 10.8. The Balaban J connectivity index is 2.40. The molecular weight excluding hydrogens is 190 g/mol. The van der Waals surface area contributed by atoms with Crippen LogP contribution in [0, 0.1) is 0 Å². The zero-order valence-electron chi connectivity index (χ0n) is 8.62. The second-order valence-electron chi connectivity index (χ2n) is 3.60. The first-order valence-electron chi connectivity index (χ1n) is 4.88. The number of aryl methyl sites for hydroxylation is 1. The van der Waals surface area contributed by atoms with E-state index in [2.05, 4.69) is 0 Å².